The van der Waals surface area contributed by atoms with Gasteiger partial charge in [-0.15, -0.1) is 12.4 Å². The van der Waals surface area contributed by atoms with Crippen LogP contribution < -0.4 is 10.5 Å². The summed E-state index contributed by atoms with van der Waals surface area (Å²) in [6.45, 7) is 7.01. The van der Waals surface area contributed by atoms with Crippen LogP contribution in [0.1, 0.15) is 37.0 Å². The third-order valence-electron chi connectivity index (χ3n) is 5.03. The van der Waals surface area contributed by atoms with Crippen LogP contribution in [0, 0.1) is 6.92 Å². The summed E-state index contributed by atoms with van der Waals surface area (Å²) in [6.07, 6.45) is 1.28. The fraction of sp³-hybridized carbons (Fsp3) is 0.333. The van der Waals surface area contributed by atoms with Crippen molar-refractivity contribution in [3.05, 3.63) is 59.7 Å². The fourth-order valence-electron chi connectivity index (χ4n) is 3.61. The van der Waals surface area contributed by atoms with Crippen molar-refractivity contribution in [3.8, 4) is 11.1 Å². The van der Waals surface area contributed by atoms with Gasteiger partial charge in [0.05, 0.1) is 35.1 Å². The first-order chi connectivity index (χ1) is 15.9. The smallest absolute Gasteiger partial charge is 0.337 e. The van der Waals surface area contributed by atoms with E-state index in [1.54, 1.807) is 56.5 Å². The van der Waals surface area contributed by atoms with Crippen molar-refractivity contribution in [2.75, 3.05) is 13.7 Å². The Balaban J connectivity index is 0.00000432. The molecule has 8 nitrogen and oxygen atoms in total. The van der Waals surface area contributed by atoms with E-state index >= 15 is 0 Å². The molecule has 190 valence electrons. The number of rotatable bonds is 7. The molecular formula is C24H30ClFN4O4S. The average Bonchev–Trinajstić information content (AvgIpc) is 3.06. The van der Waals surface area contributed by atoms with Crippen molar-refractivity contribution in [2.45, 2.75) is 44.7 Å². The maximum absolute atomic E-state index is 14.3. The van der Waals surface area contributed by atoms with Crippen LogP contribution in [-0.4, -0.2) is 43.1 Å². The van der Waals surface area contributed by atoms with Crippen LogP contribution >= 0.6 is 12.4 Å². The quantitative estimate of drug-likeness (QED) is 0.449. The summed E-state index contributed by atoms with van der Waals surface area (Å²) < 4.78 is 48.8. The van der Waals surface area contributed by atoms with Gasteiger partial charge >= 0.3 is 5.97 Å². The highest BCUT2D eigenvalue weighted by Crippen LogP contribution is 2.32. The van der Waals surface area contributed by atoms with Crippen molar-refractivity contribution in [2.24, 2.45) is 5.73 Å². The van der Waals surface area contributed by atoms with Gasteiger partial charge in [0.25, 0.3) is 0 Å². The second-order valence-electron chi connectivity index (χ2n) is 8.89. The third kappa shape index (κ3) is 6.46. The normalized spacial score (nSPS) is 12.5. The fourth-order valence-corrected chi connectivity index (χ4v) is 5.03. The minimum Gasteiger partial charge on any atom is -0.465 e. The van der Waals surface area contributed by atoms with Gasteiger partial charge in [-0.05, 0) is 63.6 Å². The molecule has 0 aliphatic heterocycles. The summed E-state index contributed by atoms with van der Waals surface area (Å²) in [5.74, 6) is -0.427. The molecule has 0 amide bonds. The number of nitrogens with zero attached hydrogens (tertiary/aromatic N) is 2. The number of carbonyl (C=O) groups excluding carboxylic acids is 1. The standard InChI is InChI=1S/C24H29FN4O4S.ClH/c1-15-27-22-20(16-6-8-19(9-7-16)34(31,32)28-24(2,3)4)12-17(23(30)33-5)13-21(22)29(15)14-18(25)10-11-26;/h6-10,12-13,28H,11,14,26H2,1-5H3;1H/b18-10-;. The molecular weight excluding hydrogens is 495 g/mol. The van der Waals surface area contributed by atoms with Crippen molar-refractivity contribution >= 4 is 39.4 Å². The first-order valence-corrected chi connectivity index (χ1v) is 12.1. The van der Waals surface area contributed by atoms with Crippen LogP contribution in [0.2, 0.25) is 0 Å². The number of hydrogen-bond acceptors (Lipinski definition) is 6. The molecule has 11 heteroatoms. The van der Waals surface area contributed by atoms with Crippen molar-refractivity contribution in [3.63, 3.8) is 0 Å². The lowest BCUT2D eigenvalue weighted by molar-refractivity contribution is 0.0601. The van der Waals surface area contributed by atoms with Gasteiger partial charge in [0.2, 0.25) is 10.0 Å². The number of nitrogens with two attached hydrogens (primary N) is 1. The molecule has 0 saturated carbocycles. The number of methoxy groups -OCH3 is 1. The lowest BCUT2D eigenvalue weighted by Crippen LogP contribution is -2.40. The van der Waals surface area contributed by atoms with Crippen molar-refractivity contribution in [1.29, 1.82) is 0 Å². The van der Waals surface area contributed by atoms with Crippen molar-refractivity contribution in [1.82, 2.24) is 14.3 Å². The number of benzene rings is 2. The van der Waals surface area contributed by atoms with Crippen LogP contribution in [-0.2, 0) is 21.3 Å². The largest absolute Gasteiger partial charge is 0.465 e. The van der Waals surface area contributed by atoms with Gasteiger partial charge in [-0.3, -0.25) is 0 Å². The number of ether oxygens (including phenoxy) is 1. The Morgan fingerprint density at radius 3 is 2.40 bits per heavy atom. The zero-order valence-corrected chi connectivity index (χ0v) is 21.9. The van der Waals surface area contributed by atoms with Gasteiger partial charge in [0.1, 0.15) is 11.7 Å². The third-order valence-corrected chi connectivity index (χ3v) is 6.80. The Morgan fingerprint density at radius 2 is 1.86 bits per heavy atom. The zero-order chi connectivity index (χ0) is 25.3. The molecule has 3 aromatic rings. The molecule has 3 N–H and O–H groups in total. The van der Waals surface area contributed by atoms with Crippen LogP contribution in [0.4, 0.5) is 4.39 Å². The molecule has 0 aliphatic carbocycles. The van der Waals surface area contributed by atoms with E-state index in [1.807, 2.05) is 0 Å². The summed E-state index contributed by atoms with van der Waals surface area (Å²) in [5, 5.41) is 0. The highest BCUT2D eigenvalue weighted by molar-refractivity contribution is 7.89. The molecule has 0 spiro atoms. The molecule has 0 unspecified atom stereocenters. The van der Waals surface area contributed by atoms with Crippen LogP contribution in [0.15, 0.2) is 53.2 Å². The predicted molar refractivity (Wildman–Crippen MR) is 137 cm³/mol. The molecule has 0 atom stereocenters. The monoisotopic (exact) mass is 524 g/mol. The average molecular weight is 525 g/mol. The van der Waals surface area contributed by atoms with E-state index in [-0.39, 0.29) is 36.0 Å². The minimum atomic E-state index is -3.71. The second-order valence-corrected chi connectivity index (χ2v) is 10.6. The molecule has 0 radical (unpaired) electrons. The number of imidazole rings is 1. The Labute approximate surface area is 210 Å². The molecule has 3 rings (SSSR count). The number of halogens is 2. The molecule has 0 fully saturated rings. The minimum absolute atomic E-state index is 0. The molecule has 1 aromatic heterocycles. The highest BCUT2D eigenvalue weighted by atomic mass is 35.5. The van der Waals surface area contributed by atoms with Gasteiger partial charge in [0, 0.05) is 17.6 Å². The van der Waals surface area contributed by atoms with E-state index in [9.17, 15) is 17.6 Å². The van der Waals surface area contributed by atoms with Gasteiger partial charge in [-0.25, -0.2) is 27.3 Å². The number of aromatic nitrogens is 2. The van der Waals surface area contributed by atoms with E-state index in [0.717, 1.165) is 0 Å². The molecule has 2 aromatic carbocycles. The number of esters is 1. The Kier molecular flexibility index (Phi) is 8.83. The number of aryl methyl sites for hydroxylation is 1. The topological polar surface area (TPSA) is 116 Å². The first kappa shape index (κ1) is 28.4. The SMILES string of the molecule is COC(=O)c1cc(-c2ccc(S(=O)(=O)NC(C)(C)C)cc2)c2nc(C)n(C/C(F)=C/CN)c2c1.Cl. The Morgan fingerprint density at radius 1 is 1.23 bits per heavy atom. The maximum Gasteiger partial charge on any atom is 0.337 e. The molecule has 0 saturated heterocycles. The second kappa shape index (κ2) is 10.9. The highest BCUT2D eigenvalue weighted by Gasteiger charge is 2.23. The number of nitrogens with one attached hydrogen (secondary N) is 1. The van der Waals surface area contributed by atoms with Gasteiger partial charge in [-0.2, -0.15) is 0 Å². The van der Waals surface area contributed by atoms with Crippen LogP contribution in [0.3, 0.4) is 0 Å². The van der Waals surface area contributed by atoms with Crippen LogP contribution in [0.25, 0.3) is 22.2 Å². The summed E-state index contributed by atoms with van der Waals surface area (Å²) in [7, 11) is -2.43. The lowest BCUT2D eigenvalue weighted by Gasteiger charge is -2.20. The van der Waals surface area contributed by atoms with E-state index < -0.39 is 27.4 Å². The number of carbonyl (C=O) groups is 1. The summed E-state index contributed by atoms with van der Waals surface area (Å²) >= 11 is 0. The van der Waals surface area contributed by atoms with Crippen molar-refractivity contribution < 1.29 is 22.3 Å². The van der Waals surface area contributed by atoms with E-state index in [1.165, 1.54) is 25.3 Å². The van der Waals surface area contributed by atoms with Crippen LogP contribution in [0.5, 0.6) is 0 Å². The summed E-state index contributed by atoms with van der Waals surface area (Å²) in [4.78, 5) is 17.1. The first-order valence-electron chi connectivity index (χ1n) is 10.6. The number of hydrogen-bond donors (Lipinski definition) is 2. The van der Waals surface area contributed by atoms with E-state index in [0.29, 0.717) is 28.0 Å². The van der Waals surface area contributed by atoms with Gasteiger partial charge in [0.15, 0.2) is 0 Å². The lowest BCUT2D eigenvalue weighted by atomic mass is 10.0. The van der Waals surface area contributed by atoms with E-state index in [2.05, 4.69) is 9.71 Å². The predicted octanol–water partition coefficient (Wildman–Crippen LogP) is 4.11. The Bertz CT molecular complexity index is 1360. The molecule has 0 bridgehead atoms. The molecule has 0 aliphatic rings. The number of allylic oxidation sites excluding steroid dienone is 1. The maximum atomic E-state index is 14.3. The molecule has 1 heterocycles. The summed E-state index contributed by atoms with van der Waals surface area (Å²) in [5.41, 5.74) is 7.39. The summed E-state index contributed by atoms with van der Waals surface area (Å²) in [6, 6.07) is 9.52. The Hall–Kier alpha value is -2.79. The number of fused-ring (bicyclic) bond motifs is 1. The van der Waals surface area contributed by atoms with Gasteiger partial charge < -0.3 is 15.0 Å². The zero-order valence-electron chi connectivity index (χ0n) is 20.3. The van der Waals surface area contributed by atoms with E-state index in [4.69, 9.17) is 10.5 Å². The number of sulfonamides is 1. The van der Waals surface area contributed by atoms with Gasteiger partial charge in [-0.1, -0.05) is 12.1 Å². The molecule has 35 heavy (non-hydrogen) atoms.